The van der Waals surface area contributed by atoms with Gasteiger partial charge in [-0.1, -0.05) is 25.1 Å². The van der Waals surface area contributed by atoms with Gasteiger partial charge in [-0.3, -0.25) is 4.99 Å². The largest absolute Gasteiger partial charge is 0.390 e. The number of aliphatic imine (C=N–C) groups is 1. The van der Waals surface area contributed by atoms with Crippen LogP contribution in [0.4, 0.5) is 5.69 Å². The molecule has 0 amide bonds. The standard InChI is InChI=1S/C16H26N4O/c1-13-7-9-20(10-8-13)12-15(21)11-18-16(17)19-14-5-3-2-4-6-14/h2-6,13,15,21H,7-12H2,1H3,(H3,17,18,19). The maximum Gasteiger partial charge on any atom is 0.193 e. The lowest BCUT2D eigenvalue weighted by atomic mass is 9.99. The van der Waals surface area contributed by atoms with E-state index in [0.29, 0.717) is 19.0 Å². The van der Waals surface area contributed by atoms with Crippen molar-refractivity contribution in [3.8, 4) is 0 Å². The smallest absolute Gasteiger partial charge is 0.193 e. The number of benzene rings is 1. The first kappa shape index (κ1) is 15.8. The number of β-amino-alcohol motifs (C(OH)–C–C–N with tert-alkyl or cyclic N) is 1. The van der Waals surface area contributed by atoms with Gasteiger partial charge in [0.2, 0.25) is 0 Å². The maximum atomic E-state index is 10.1. The van der Waals surface area contributed by atoms with Crippen molar-refractivity contribution in [3.05, 3.63) is 30.3 Å². The highest BCUT2D eigenvalue weighted by atomic mass is 16.3. The number of para-hydroxylation sites is 1. The summed E-state index contributed by atoms with van der Waals surface area (Å²) < 4.78 is 0. The number of hydrogen-bond donors (Lipinski definition) is 3. The molecule has 1 atom stereocenters. The molecule has 0 bridgehead atoms. The van der Waals surface area contributed by atoms with Gasteiger partial charge in [0, 0.05) is 12.2 Å². The van der Waals surface area contributed by atoms with Crippen LogP contribution in [0.5, 0.6) is 0 Å². The van der Waals surface area contributed by atoms with Crippen molar-refractivity contribution in [1.82, 2.24) is 4.90 Å². The fraction of sp³-hybridized carbons (Fsp3) is 0.562. The SMILES string of the molecule is CC1CCN(CC(O)CN=C(N)Nc2ccccc2)CC1. The van der Waals surface area contributed by atoms with Crippen molar-refractivity contribution in [2.75, 3.05) is 31.5 Å². The summed E-state index contributed by atoms with van der Waals surface area (Å²) in [7, 11) is 0. The maximum absolute atomic E-state index is 10.1. The van der Waals surface area contributed by atoms with Gasteiger partial charge in [-0.05, 0) is 44.0 Å². The van der Waals surface area contributed by atoms with E-state index in [2.05, 4.69) is 22.1 Å². The molecule has 0 spiro atoms. The van der Waals surface area contributed by atoms with Crippen LogP contribution in [0.2, 0.25) is 0 Å². The number of nitrogens with zero attached hydrogens (tertiary/aromatic N) is 2. The van der Waals surface area contributed by atoms with Crippen LogP contribution in [-0.2, 0) is 0 Å². The van der Waals surface area contributed by atoms with Crippen LogP contribution >= 0.6 is 0 Å². The Balaban J connectivity index is 1.72. The molecule has 0 aromatic heterocycles. The number of aliphatic hydroxyl groups excluding tert-OH is 1. The number of hydrogen-bond acceptors (Lipinski definition) is 3. The van der Waals surface area contributed by atoms with Crippen LogP contribution in [0.15, 0.2) is 35.3 Å². The highest BCUT2D eigenvalue weighted by Crippen LogP contribution is 2.15. The first-order chi connectivity index (χ1) is 10.1. The van der Waals surface area contributed by atoms with E-state index < -0.39 is 6.10 Å². The highest BCUT2D eigenvalue weighted by molar-refractivity contribution is 5.92. The zero-order valence-corrected chi connectivity index (χ0v) is 12.7. The molecule has 1 saturated heterocycles. The normalized spacial score (nSPS) is 19.4. The minimum absolute atomic E-state index is 0.331. The minimum Gasteiger partial charge on any atom is -0.390 e. The number of nitrogens with two attached hydrogens (primary N) is 1. The van der Waals surface area contributed by atoms with Gasteiger partial charge in [0.1, 0.15) is 0 Å². The molecule has 116 valence electrons. The molecule has 2 rings (SSSR count). The molecule has 0 saturated carbocycles. The van der Waals surface area contributed by atoms with E-state index >= 15 is 0 Å². The summed E-state index contributed by atoms with van der Waals surface area (Å²) in [5, 5.41) is 13.1. The molecular formula is C16H26N4O. The van der Waals surface area contributed by atoms with Crippen LogP contribution in [0.1, 0.15) is 19.8 Å². The van der Waals surface area contributed by atoms with Gasteiger partial charge in [-0.15, -0.1) is 0 Å². The van der Waals surface area contributed by atoms with Crippen molar-refractivity contribution in [3.63, 3.8) is 0 Å². The summed E-state index contributed by atoms with van der Waals surface area (Å²) in [6.45, 7) is 5.43. The molecule has 1 aromatic rings. The van der Waals surface area contributed by atoms with Gasteiger partial charge < -0.3 is 21.1 Å². The van der Waals surface area contributed by atoms with Crippen LogP contribution in [0.25, 0.3) is 0 Å². The van der Waals surface area contributed by atoms with Gasteiger partial charge in [0.05, 0.1) is 12.6 Å². The van der Waals surface area contributed by atoms with Crippen molar-refractivity contribution < 1.29 is 5.11 Å². The van der Waals surface area contributed by atoms with Crippen LogP contribution < -0.4 is 11.1 Å². The second-order valence-corrected chi connectivity index (χ2v) is 5.85. The lowest BCUT2D eigenvalue weighted by molar-refractivity contribution is 0.0968. The van der Waals surface area contributed by atoms with Gasteiger partial charge in [-0.2, -0.15) is 0 Å². The van der Waals surface area contributed by atoms with Crippen molar-refractivity contribution in [1.29, 1.82) is 0 Å². The van der Waals surface area contributed by atoms with Gasteiger partial charge in [0.15, 0.2) is 5.96 Å². The summed E-state index contributed by atoms with van der Waals surface area (Å²) in [6.07, 6.45) is 1.97. The third-order valence-electron chi connectivity index (χ3n) is 3.86. The second-order valence-electron chi connectivity index (χ2n) is 5.85. The quantitative estimate of drug-likeness (QED) is 0.567. The summed E-state index contributed by atoms with van der Waals surface area (Å²) in [4.78, 5) is 6.51. The lowest BCUT2D eigenvalue weighted by Crippen LogP contribution is -2.39. The van der Waals surface area contributed by atoms with Crippen molar-refractivity contribution >= 4 is 11.6 Å². The van der Waals surface area contributed by atoms with Crippen LogP contribution in [0.3, 0.4) is 0 Å². The molecular weight excluding hydrogens is 264 g/mol. The Kier molecular flexibility index (Phi) is 6.02. The highest BCUT2D eigenvalue weighted by Gasteiger charge is 2.18. The Bertz CT molecular complexity index is 441. The first-order valence-corrected chi connectivity index (χ1v) is 7.66. The fourth-order valence-corrected chi connectivity index (χ4v) is 2.51. The molecule has 0 aliphatic carbocycles. The number of rotatable bonds is 5. The van der Waals surface area contributed by atoms with E-state index in [-0.39, 0.29) is 0 Å². The number of aliphatic hydroxyl groups is 1. The van der Waals surface area contributed by atoms with Crippen molar-refractivity contribution in [2.24, 2.45) is 16.6 Å². The summed E-state index contributed by atoms with van der Waals surface area (Å²) in [6, 6.07) is 9.66. The predicted molar refractivity (Wildman–Crippen MR) is 87.4 cm³/mol. The third-order valence-corrected chi connectivity index (χ3v) is 3.86. The number of likely N-dealkylation sites (tertiary alicyclic amines) is 1. The molecule has 1 aliphatic rings. The van der Waals surface area contributed by atoms with E-state index in [4.69, 9.17) is 5.73 Å². The molecule has 1 heterocycles. The molecule has 5 heteroatoms. The van der Waals surface area contributed by atoms with E-state index in [1.54, 1.807) is 0 Å². The number of piperidine rings is 1. The monoisotopic (exact) mass is 290 g/mol. The molecule has 0 radical (unpaired) electrons. The average molecular weight is 290 g/mol. The summed E-state index contributed by atoms with van der Waals surface area (Å²) in [5.41, 5.74) is 6.72. The lowest BCUT2D eigenvalue weighted by Gasteiger charge is -2.31. The Hall–Kier alpha value is -1.59. The Morgan fingerprint density at radius 3 is 2.71 bits per heavy atom. The Morgan fingerprint density at radius 2 is 2.05 bits per heavy atom. The molecule has 1 aromatic carbocycles. The van der Waals surface area contributed by atoms with Gasteiger partial charge >= 0.3 is 0 Å². The second kappa shape index (κ2) is 8.00. The molecule has 1 unspecified atom stereocenters. The molecule has 21 heavy (non-hydrogen) atoms. The Morgan fingerprint density at radius 1 is 1.38 bits per heavy atom. The van der Waals surface area contributed by atoms with E-state index in [1.807, 2.05) is 30.3 Å². The Labute approximate surface area is 126 Å². The number of nitrogens with one attached hydrogen (secondary N) is 1. The van der Waals surface area contributed by atoms with E-state index in [0.717, 1.165) is 24.7 Å². The van der Waals surface area contributed by atoms with E-state index in [1.165, 1.54) is 12.8 Å². The summed E-state index contributed by atoms with van der Waals surface area (Å²) in [5.74, 6) is 1.15. The van der Waals surface area contributed by atoms with Gasteiger partial charge in [0.25, 0.3) is 0 Å². The zero-order chi connectivity index (χ0) is 15.1. The fourth-order valence-electron chi connectivity index (χ4n) is 2.51. The number of guanidine groups is 1. The average Bonchev–Trinajstić information content (AvgIpc) is 2.49. The molecule has 1 aliphatic heterocycles. The summed E-state index contributed by atoms with van der Waals surface area (Å²) >= 11 is 0. The number of anilines is 1. The predicted octanol–water partition coefficient (Wildman–Crippen LogP) is 1.51. The zero-order valence-electron chi connectivity index (χ0n) is 12.7. The van der Waals surface area contributed by atoms with Crippen LogP contribution in [-0.4, -0.2) is 48.2 Å². The minimum atomic E-state index is -0.463. The third kappa shape index (κ3) is 5.73. The first-order valence-electron chi connectivity index (χ1n) is 7.66. The molecule has 1 fully saturated rings. The van der Waals surface area contributed by atoms with Crippen LogP contribution in [0, 0.1) is 5.92 Å². The topological polar surface area (TPSA) is 73.9 Å². The molecule has 5 nitrogen and oxygen atoms in total. The van der Waals surface area contributed by atoms with Gasteiger partial charge in [-0.25, -0.2) is 0 Å². The van der Waals surface area contributed by atoms with E-state index in [9.17, 15) is 5.11 Å². The van der Waals surface area contributed by atoms with Crippen molar-refractivity contribution in [2.45, 2.75) is 25.9 Å². The molecule has 4 N–H and O–H groups in total.